The Bertz CT molecular complexity index is 569. The van der Waals surface area contributed by atoms with Crippen LogP contribution in [0.2, 0.25) is 0 Å². The highest BCUT2D eigenvalue weighted by molar-refractivity contribution is 7.99. The third-order valence-electron chi connectivity index (χ3n) is 2.79. The fraction of sp³-hybridized carbons (Fsp3) is 0.357. The van der Waals surface area contributed by atoms with Crippen LogP contribution in [0.25, 0.3) is 5.69 Å². The fourth-order valence-electron chi connectivity index (χ4n) is 1.85. The monoisotopic (exact) mass is 291 g/mol. The summed E-state index contributed by atoms with van der Waals surface area (Å²) in [7, 11) is 0. The Kier molecular flexibility index (Phi) is 5.17. The first-order chi connectivity index (χ1) is 9.72. The van der Waals surface area contributed by atoms with E-state index in [1.165, 1.54) is 11.8 Å². The molecular formula is C14H17N3O2S. The number of unbranched alkanes of at least 4 members (excludes halogenated alkanes) is 1. The van der Waals surface area contributed by atoms with Crippen molar-refractivity contribution >= 4 is 17.7 Å². The lowest BCUT2D eigenvalue weighted by Crippen LogP contribution is -2.05. The maximum absolute atomic E-state index is 10.7. The summed E-state index contributed by atoms with van der Waals surface area (Å²) in [6.45, 7) is 2.13. The Morgan fingerprint density at radius 2 is 2.05 bits per heavy atom. The highest BCUT2D eigenvalue weighted by Gasteiger charge is 2.14. The van der Waals surface area contributed by atoms with Crippen molar-refractivity contribution in [3.05, 3.63) is 36.2 Å². The van der Waals surface area contributed by atoms with Crippen molar-refractivity contribution in [2.45, 2.75) is 31.3 Å². The van der Waals surface area contributed by atoms with Crippen molar-refractivity contribution in [2.24, 2.45) is 0 Å². The number of aliphatic carboxylic acids is 1. The van der Waals surface area contributed by atoms with Gasteiger partial charge in [0.2, 0.25) is 0 Å². The van der Waals surface area contributed by atoms with Crippen LogP contribution in [0, 0.1) is 0 Å². The smallest absolute Gasteiger partial charge is 0.313 e. The first-order valence-corrected chi connectivity index (χ1v) is 7.55. The average Bonchev–Trinajstić information content (AvgIpc) is 2.86. The molecule has 6 heteroatoms. The molecule has 0 aliphatic carbocycles. The summed E-state index contributed by atoms with van der Waals surface area (Å²) in [5.41, 5.74) is 0.969. The lowest BCUT2D eigenvalue weighted by atomic mass is 10.2. The molecule has 106 valence electrons. The van der Waals surface area contributed by atoms with Gasteiger partial charge in [-0.25, -0.2) is 0 Å². The third kappa shape index (κ3) is 3.60. The molecule has 0 fully saturated rings. The Balaban J connectivity index is 2.32. The summed E-state index contributed by atoms with van der Waals surface area (Å²) in [5.74, 6) is 0.0114. The van der Waals surface area contributed by atoms with Gasteiger partial charge in [0, 0.05) is 12.1 Å². The zero-order chi connectivity index (χ0) is 14.4. The van der Waals surface area contributed by atoms with Gasteiger partial charge in [0.25, 0.3) is 0 Å². The normalized spacial score (nSPS) is 10.7. The predicted octanol–water partition coefficient (Wildman–Crippen LogP) is 2.79. The van der Waals surface area contributed by atoms with E-state index in [9.17, 15) is 4.79 Å². The van der Waals surface area contributed by atoms with Gasteiger partial charge in [0.1, 0.15) is 5.82 Å². The molecule has 0 amide bonds. The molecule has 0 bridgehead atoms. The van der Waals surface area contributed by atoms with E-state index in [-0.39, 0.29) is 5.75 Å². The van der Waals surface area contributed by atoms with Crippen LogP contribution in [0.15, 0.2) is 35.5 Å². The van der Waals surface area contributed by atoms with Gasteiger partial charge in [-0.2, -0.15) is 0 Å². The number of thioether (sulfide) groups is 1. The molecule has 0 aliphatic rings. The lowest BCUT2D eigenvalue weighted by Gasteiger charge is -2.09. The second kappa shape index (κ2) is 7.09. The number of carboxylic acid groups (broad SMARTS) is 1. The number of para-hydroxylation sites is 1. The Labute approximate surface area is 122 Å². The zero-order valence-electron chi connectivity index (χ0n) is 11.3. The first kappa shape index (κ1) is 14.6. The van der Waals surface area contributed by atoms with E-state index in [1.54, 1.807) is 0 Å². The molecule has 1 aromatic heterocycles. The standard InChI is InChI=1S/C14H17N3O2S/c1-2-3-9-12-15-16-14(20-10-13(18)19)17(12)11-7-5-4-6-8-11/h4-8H,2-3,9-10H2,1H3,(H,18,19). The number of hydrogen-bond donors (Lipinski definition) is 1. The van der Waals surface area contributed by atoms with E-state index in [0.29, 0.717) is 5.16 Å². The molecule has 0 unspecified atom stereocenters. The van der Waals surface area contributed by atoms with Gasteiger partial charge in [0.15, 0.2) is 5.16 Å². The van der Waals surface area contributed by atoms with Gasteiger partial charge in [-0.15, -0.1) is 10.2 Å². The summed E-state index contributed by atoms with van der Waals surface area (Å²) in [6.07, 6.45) is 2.96. The van der Waals surface area contributed by atoms with Crippen molar-refractivity contribution < 1.29 is 9.90 Å². The van der Waals surface area contributed by atoms with Crippen molar-refractivity contribution in [2.75, 3.05) is 5.75 Å². The van der Waals surface area contributed by atoms with Crippen molar-refractivity contribution in [3.8, 4) is 5.69 Å². The lowest BCUT2D eigenvalue weighted by molar-refractivity contribution is -0.133. The topological polar surface area (TPSA) is 68.0 Å². The van der Waals surface area contributed by atoms with Gasteiger partial charge in [0.05, 0.1) is 5.75 Å². The molecule has 0 radical (unpaired) electrons. The van der Waals surface area contributed by atoms with Crippen LogP contribution in [0.1, 0.15) is 25.6 Å². The molecule has 0 aliphatic heterocycles. The van der Waals surface area contributed by atoms with Gasteiger partial charge < -0.3 is 5.11 Å². The number of benzene rings is 1. The van der Waals surface area contributed by atoms with Gasteiger partial charge >= 0.3 is 5.97 Å². The number of aromatic nitrogens is 3. The van der Waals surface area contributed by atoms with Crippen molar-refractivity contribution in [3.63, 3.8) is 0 Å². The molecule has 1 heterocycles. The molecule has 2 rings (SSSR count). The minimum atomic E-state index is -0.854. The minimum absolute atomic E-state index is 0.0151. The van der Waals surface area contributed by atoms with Crippen LogP contribution in [0.4, 0.5) is 0 Å². The second-order valence-corrected chi connectivity index (χ2v) is 5.30. The maximum atomic E-state index is 10.7. The van der Waals surface area contributed by atoms with Crippen LogP contribution in [-0.2, 0) is 11.2 Å². The number of carbonyl (C=O) groups is 1. The predicted molar refractivity (Wildman–Crippen MR) is 78.3 cm³/mol. The van der Waals surface area contributed by atoms with E-state index < -0.39 is 5.97 Å². The molecule has 20 heavy (non-hydrogen) atoms. The van der Waals surface area contributed by atoms with Crippen molar-refractivity contribution in [1.82, 2.24) is 14.8 Å². The van der Waals surface area contributed by atoms with Gasteiger partial charge in [-0.3, -0.25) is 9.36 Å². The molecule has 0 spiro atoms. The largest absolute Gasteiger partial charge is 0.481 e. The van der Waals surface area contributed by atoms with Gasteiger partial charge in [-0.05, 0) is 18.6 Å². The summed E-state index contributed by atoms with van der Waals surface area (Å²) in [5, 5.41) is 17.8. The van der Waals surface area contributed by atoms with E-state index in [2.05, 4.69) is 17.1 Å². The Morgan fingerprint density at radius 1 is 1.30 bits per heavy atom. The van der Waals surface area contributed by atoms with Crippen LogP contribution in [-0.4, -0.2) is 31.6 Å². The Hall–Kier alpha value is -1.82. The summed E-state index contributed by atoms with van der Waals surface area (Å²) < 4.78 is 1.95. The summed E-state index contributed by atoms with van der Waals surface area (Å²) in [6, 6.07) is 9.80. The minimum Gasteiger partial charge on any atom is -0.481 e. The molecule has 0 atom stereocenters. The van der Waals surface area contributed by atoms with Gasteiger partial charge in [-0.1, -0.05) is 43.3 Å². The number of carboxylic acids is 1. The highest BCUT2D eigenvalue weighted by atomic mass is 32.2. The molecule has 0 saturated heterocycles. The molecule has 1 aromatic carbocycles. The van der Waals surface area contributed by atoms with Crippen molar-refractivity contribution in [1.29, 1.82) is 0 Å². The van der Waals surface area contributed by atoms with Crippen LogP contribution < -0.4 is 0 Å². The first-order valence-electron chi connectivity index (χ1n) is 6.56. The molecular weight excluding hydrogens is 274 g/mol. The number of rotatable bonds is 7. The Morgan fingerprint density at radius 3 is 2.70 bits per heavy atom. The number of aryl methyl sites for hydroxylation is 1. The summed E-state index contributed by atoms with van der Waals surface area (Å²) >= 11 is 1.19. The SMILES string of the molecule is CCCCc1nnc(SCC(=O)O)n1-c1ccccc1. The quantitative estimate of drug-likeness (QED) is 0.794. The molecule has 2 aromatic rings. The van der Waals surface area contributed by atoms with E-state index in [1.807, 2.05) is 34.9 Å². The summed E-state index contributed by atoms with van der Waals surface area (Å²) in [4.78, 5) is 10.7. The average molecular weight is 291 g/mol. The maximum Gasteiger partial charge on any atom is 0.313 e. The molecule has 5 nitrogen and oxygen atoms in total. The highest BCUT2D eigenvalue weighted by Crippen LogP contribution is 2.22. The van der Waals surface area contributed by atoms with Crippen LogP contribution in [0.5, 0.6) is 0 Å². The molecule has 0 saturated carbocycles. The van der Waals surface area contributed by atoms with Crippen LogP contribution in [0.3, 0.4) is 0 Å². The van der Waals surface area contributed by atoms with E-state index >= 15 is 0 Å². The molecule has 1 N–H and O–H groups in total. The number of nitrogens with zero attached hydrogens (tertiary/aromatic N) is 3. The number of hydrogen-bond acceptors (Lipinski definition) is 4. The zero-order valence-corrected chi connectivity index (χ0v) is 12.1. The van der Waals surface area contributed by atoms with E-state index in [4.69, 9.17) is 5.11 Å². The van der Waals surface area contributed by atoms with Crippen LogP contribution >= 0.6 is 11.8 Å². The third-order valence-corrected chi connectivity index (χ3v) is 3.71. The second-order valence-electron chi connectivity index (χ2n) is 4.36. The fourth-order valence-corrected chi connectivity index (χ4v) is 2.54. The van der Waals surface area contributed by atoms with E-state index in [0.717, 1.165) is 30.8 Å².